The minimum absolute atomic E-state index is 0.186. The van der Waals surface area contributed by atoms with Crippen molar-refractivity contribution < 1.29 is 0 Å². The van der Waals surface area contributed by atoms with Crippen molar-refractivity contribution in [1.29, 1.82) is 0 Å². The van der Waals surface area contributed by atoms with Gasteiger partial charge in [0.15, 0.2) is 0 Å². The second-order valence-corrected chi connectivity index (χ2v) is 5.69. The van der Waals surface area contributed by atoms with Crippen LogP contribution in [0.25, 0.3) is 10.9 Å². The number of fused-ring (bicyclic) bond motifs is 2. The molecule has 3 heteroatoms. The molecule has 2 aliphatic rings. The molecule has 0 fully saturated rings. The average Bonchev–Trinajstić information content (AvgIpc) is 2.89. The van der Waals surface area contributed by atoms with Crippen LogP contribution >= 0.6 is 0 Å². The maximum absolute atomic E-state index is 5.70. The average molecular weight is 277 g/mol. The van der Waals surface area contributed by atoms with Gasteiger partial charge in [-0.05, 0) is 25.5 Å². The highest BCUT2D eigenvalue weighted by molar-refractivity contribution is 6.10. The zero-order valence-corrected chi connectivity index (χ0v) is 11.9. The van der Waals surface area contributed by atoms with Gasteiger partial charge >= 0.3 is 0 Å². The molecule has 0 saturated heterocycles. The molecule has 3 nitrogen and oxygen atoms in total. The molecule has 2 unspecified atom stereocenters. The zero-order chi connectivity index (χ0) is 14.2. The second-order valence-electron chi connectivity index (χ2n) is 5.69. The maximum Gasteiger partial charge on any atom is 0.0929 e. The molecule has 2 aromatic rings. The minimum Gasteiger partial charge on any atom is -0.338 e. The fourth-order valence-corrected chi connectivity index (χ4v) is 3.38. The van der Waals surface area contributed by atoms with Crippen LogP contribution in [0.15, 0.2) is 59.8 Å². The van der Waals surface area contributed by atoms with Gasteiger partial charge in [0.2, 0.25) is 0 Å². The van der Waals surface area contributed by atoms with Crippen LogP contribution in [0, 0.1) is 0 Å². The largest absolute Gasteiger partial charge is 0.338 e. The molecular weight excluding hydrogens is 258 g/mol. The zero-order valence-electron chi connectivity index (χ0n) is 11.9. The molecule has 106 valence electrons. The van der Waals surface area contributed by atoms with Crippen LogP contribution in [0.4, 0.5) is 0 Å². The Hall–Kier alpha value is -2.13. The summed E-state index contributed by atoms with van der Waals surface area (Å²) in [6, 6.07) is 9.17. The highest BCUT2D eigenvalue weighted by atomic mass is 15.1. The first-order chi connectivity index (χ1) is 10.4. The van der Waals surface area contributed by atoms with Crippen LogP contribution in [0.3, 0.4) is 0 Å². The molecule has 1 aliphatic carbocycles. The molecular formula is C18H19N3. The Morgan fingerprint density at radius 3 is 2.95 bits per heavy atom. The predicted molar refractivity (Wildman–Crippen MR) is 87.9 cm³/mol. The molecule has 1 aliphatic heterocycles. The van der Waals surface area contributed by atoms with E-state index in [4.69, 9.17) is 10.7 Å². The standard InChI is InChI=1S/C18H19N3/c19-11-4-8-15-14-6-3-5-13-10-12-21(18(13)14)17-9-2-1-7-16(17)20-15/h1-3,5-7,9-10,12,16-17H,4,8,11,19H2. The lowest BCUT2D eigenvalue weighted by atomic mass is 10.0. The number of nitrogens with two attached hydrogens (primary N) is 1. The molecule has 4 rings (SSSR count). The second kappa shape index (κ2) is 5.01. The minimum atomic E-state index is 0.186. The fourth-order valence-electron chi connectivity index (χ4n) is 3.38. The number of para-hydroxylation sites is 1. The molecule has 0 spiro atoms. The van der Waals surface area contributed by atoms with Gasteiger partial charge in [0.1, 0.15) is 0 Å². The summed E-state index contributed by atoms with van der Waals surface area (Å²) in [7, 11) is 0. The van der Waals surface area contributed by atoms with Crippen molar-refractivity contribution in [3.8, 4) is 0 Å². The quantitative estimate of drug-likeness (QED) is 0.919. The number of hydrogen-bond donors (Lipinski definition) is 1. The van der Waals surface area contributed by atoms with Crippen LogP contribution in [0.1, 0.15) is 24.4 Å². The third-order valence-electron chi connectivity index (χ3n) is 4.37. The Labute approximate surface area is 124 Å². The molecule has 21 heavy (non-hydrogen) atoms. The van der Waals surface area contributed by atoms with Gasteiger partial charge in [0, 0.05) is 22.9 Å². The maximum atomic E-state index is 5.70. The van der Waals surface area contributed by atoms with E-state index in [0.29, 0.717) is 6.54 Å². The number of hydrogen-bond acceptors (Lipinski definition) is 2. The Morgan fingerprint density at radius 2 is 2.05 bits per heavy atom. The lowest BCUT2D eigenvalue weighted by molar-refractivity contribution is 0.561. The number of aromatic nitrogens is 1. The molecule has 1 aromatic heterocycles. The number of benzene rings is 1. The lowest BCUT2D eigenvalue weighted by Gasteiger charge is -2.22. The van der Waals surface area contributed by atoms with Gasteiger partial charge in [0.25, 0.3) is 0 Å². The monoisotopic (exact) mass is 277 g/mol. The number of allylic oxidation sites excluding steroid dienone is 2. The van der Waals surface area contributed by atoms with Gasteiger partial charge in [-0.1, -0.05) is 42.5 Å². The summed E-state index contributed by atoms with van der Waals surface area (Å²) in [6.45, 7) is 0.708. The third-order valence-corrected chi connectivity index (χ3v) is 4.37. The van der Waals surface area contributed by atoms with Crippen molar-refractivity contribution in [3.63, 3.8) is 0 Å². The van der Waals surface area contributed by atoms with E-state index in [1.807, 2.05) is 0 Å². The van der Waals surface area contributed by atoms with Gasteiger partial charge in [0.05, 0.1) is 17.6 Å². The summed E-state index contributed by atoms with van der Waals surface area (Å²) in [5.41, 5.74) is 9.47. The van der Waals surface area contributed by atoms with Gasteiger partial charge < -0.3 is 10.3 Å². The van der Waals surface area contributed by atoms with Crippen molar-refractivity contribution in [2.75, 3.05) is 6.54 Å². The summed E-state index contributed by atoms with van der Waals surface area (Å²) in [6.07, 6.45) is 12.8. The van der Waals surface area contributed by atoms with E-state index < -0.39 is 0 Å². The van der Waals surface area contributed by atoms with Gasteiger partial charge in [-0.25, -0.2) is 0 Å². The van der Waals surface area contributed by atoms with Crippen molar-refractivity contribution in [2.24, 2.45) is 10.7 Å². The Kier molecular flexibility index (Phi) is 3.00. The highest BCUT2D eigenvalue weighted by Crippen LogP contribution is 2.33. The molecule has 2 heterocycles. The van der Waals surface area contributed by atoms with Crippen LogP contribution in [0.2, 0.25) is 0 Å². The van der Waals surface area contributed by atoms with Crippen LogP contribution in [-0.2, 0) is 0 Å². The van der Waals surface area contributed by atoms with E-state index in [1.165, 1.54) is 22.2 Å². The van der Waals surface area contributed by atoms with E-state index in [9.17, 15) is 0 Å². The molecule has 1 aromatic carbocycles. The first kappa shape index (κ1) is 12.6. The van der Waals surface area contributed by atoms with Crippen LogP contribution < -0.4 is 5.73 Å². The van der Waals surface area contributed by atoms with E-state index in [-0.39, 0.29) is 12.1 Å². The summed E-state index contributed by atoms with van der Waals surface area (Å²) in [5, 5.41) is 1.29. The normalized spacial score (nSPS) is 23.0. The summed E-state index contributed by atoms with van der Waals surface area (Å²) in [4.78, 5) is 5.05. The highest BCUT2D eigenvalue weighted by Gasteiger charge is 2.26. The SMILES string of the molecule is NCCCC1=NC2C=CC=CC2n2ccc3cccc1c32. The van der Waals surface area contributed by atoms with E-state index >= 15 is 0 Å². The van der Waals surface area contributed by atoms with E-state index in [2.05, 4.69) is 59.3 Å². The first-order valence-electron chi connectivity index (χ1n) is 7.60. The van der Waals surface area contributed by atoms with Gasteiger partial charge in [-0.3, -0.25) is 4.99 Å². The fraction of sp³-hybridized carbons (Fsp3) is 0.278. The van der Waals surface area contributed by atoms with Crippen LogP contribution in [-0.4, -0.2) is 22.9 Å². The smallest absolute Gasteiger partial charge is 0.0929 e. The number of rotatable bonds is 3. The Balaban J connectivity index is 1.95. The van der Waals surface area contributed by atoms with Gasteiger partial charge in [-0.2, -0.15) is 0 Å². The van der Waals surface area contributed by atoms with Crippen molar-refractivity contribution >= 4 is 16.6 Å². The van der Waals surface area contributed by atoms with Crippen molar-refractivity contribution in [3.05, 3.63) is 60.3 Å². The Bertz CT molecular complexity index is 764. The summed E-state index contributed by atoms with van der Waals surface area (Å²) >= 11 is 0. The van der Waals surface area contributed by atoms with Gasteiger partial charge in [-0.15, -0.1) is 0 Å². The van der Waals surface area contributed by atoms with E-state index in [1.54, 1.807) is 0 Å². The molecule has 2 atom stereocenters. The summed E-state index contributed by atoms with van der Waals surface area (Å²) < 4.78 is 2.37. The molecule has 0 amide bonds. The van der Waals surface area contributed by atoms with E-state index in [0.717, 1.165) is 12.8 Å². The molecule has 0 saturated carbocycles. The Morgan fingerprint density at radius 1 is 1.14 bits per heavy atom. The predicted octanol–water partition coefficient (Wildman–Crippen LogP) is 3.22. The molecule has 2 N–H and O–H groups in total. The first-order valence-corrected chi connectivity index (χ1v) is 7.60. The molecule has 0 radical (unpaired) electrons. The third kappa shape index (κ3) is 1.96. The lowest BCUT2D eigenvalue weighted by Crippen LogP contribution is -2.19. The van der Waals surface area contributed by atoms with Crippen molar-refractivity contribution in [2.45, 2.75) is 24.9 Å². The summed E-state index contributed by atoms with van der Waals surface area (Å²) in [5.74, 6) is 0. The topological polar surface area (TPSA) is 43.3 Å². The molecule has 0 bridgehead atoms. The van der Waals surface area contributed by atoms with Crippen LogP contribution in [0.5, 0.6) is 0 Å². The number of nitrogens with zero attached hydrogens (tertiary/aromatic N) is 2. The van der Waals surface area contributed by atoms with Crippen molar-refractivity contribution in [1.82, 2.24) is 4.57 Å². The number of aliphatic imine (C=N–C) groups is 1.